The molecule has 3 heterocycles. The molecule has 3 aromatic heterocycles. The van der Waals surface area contributed by atoms with Crippen molar-refractivity contribution >= 4 is 23.1 Å². The first-order chi connectivity index (χ1) is 16.8. The minimum absolute atomic E-state index is 0.0194. The maximum absolute atomic E-state index is 14.2. The summed E-state index contributed by atoms with van der Waals surface area (Å²) in [6.45, 7) is 1.80. The van der Waals surface area contributed by atoms with E-state index in [1.165, 1.54) is 28.7 Å². The molecular weight excluding hydrogens is 452 g/mol. The van der Waals surface area contributed by atoms with Crippen LogP contribution in [-0.4, -0.2) is 14.4 Å². The van der Waals surface area contributed by atoms with Gasteiger partial charge in [0.1, 0.15) is 29.1 Å². The van der Waals surface area contributed by atoms with Gasteiger partial charge in [-0.05, 0) is 66.6 Å². The molecule has 35 heavy (non-hydrogen) atoms. The third-order valence-electron chi connectivity index (χ3n) is 6.13. The zero-order valence-corrected chi connectivity index (χ0v) is 18.7. The van der Waals surface area contributed by atoms with Crippen molar-refractivity contribution in [3.05, 3.63) is 81.3 Å². The van der Waals surface area contributed by atoms with Gasteiger partial charge in [0.05, 0.1) is 17.1 Å². The summed E-state index contributed by atoms with van der Waals surface area (Å²) in [6, 6.07) is 10.0. The lowest BCUT2D eigenvalue weighted by molar-refractivity contribution is 0.617. The molecule has 1 aliphatic rings. The second-order valence-electron chi connectivity index (χ2n) is 8.56. The molecule has 0 unspecified atom stereocenters. The standard InChI is InChI=1S/C25H21F2N7O/c1-12(31-23-17(10-28)22(29)32-25(30)33-23)19-20(13-5-6-13)18-8-7-16(27)11-34(18)24(35)21(19)14-3-2-4-15(26)9-14/h2-4,7-9,11-13H,5-6H2,1H3,(H5,29,30,31,32,33)/t12-/m0/s1. The number of benzene rings is 1. The highest BCUT2D eigenvalue weighted by molar-refractivity contribution is 5.76. The van der Waals surface area contributed by atoms with Crippen LogP contribution in [0.3, 0.4) is 0 Å². The number of halogens is 2. The van der Waals surface area contributed by atoms with E-state index in [4.69, 9.17) is 11.5 Å². The summed E-state index contributed by atoms with van der Waals surface area (Å²) in [6.07, 6.45) is 2.93. The van der Waals surface area contributed by atoms with Crippen LogP contribution in [0.25, 0.3) is 16.6 Å². The van der Waals surface area contributed by atoms with Crippen molar-refractivity contribution in [3.8, 4) is 17.2 Å². The first-order valence-corrected chi connectivity index (χ1v) is 11.0. The van der Waals surface area contributed by atoms with E-state index in [9.17, 15) is 18.8 Å². The van der Waals surface area contributed by atoms with Crippen LogP contribution in [-0.2, 0) is 0 Å². The smallest absolute Gasteiger partial charge is 0.263 e. The Morgan fingerprint density at radius 3 is 2.63 bits per heavy atom. The monoisotopic (exact) mass is 473 g/mol. The molecule has 1 saturated carbocycles. The molecule has 0 saturated heterocycles. The van der Waals surface area contributed by atoms with E-state index in [1.54, 1.807) is 19.1 Å². The molecule has 0 radical (unpaired) electrons. The zero-order valence-electron chi connectivity index (χ0n) is 18.7. The lowest BCUT2D eigenvalue weighted by atomic mass is 9.89. The fraction of sp³-hybridized carbons (Fsp3) is 0.200. The van der Waals surface area contributed by atoms with Gasteiger partial charge in [-0.1, -0.05) is 12.1 Å². The van der Waals surface area contributed by atoms with Crippen molar-refractivity contribution in [3.63, 3.8) is 0 Å². The summed E-state index contributed by atoms with van der Waals surface area (Å²) in [7, 11) is 0. The fourth-order valence-corrected chi connectivity index (χ4v) is 4.53. The van der Waals surface area contributed by atoms with Gasteiger partial charge in [-0.2, -0.15) is 15.2 Å². The van der Waals surface area contributed by atoms with Gasteiger partial charge in [0.15, 0.2) is 5.82 Å². The van der Waals surface area contributed by atoms with Gasteiger partial charge < -0.3 is 16.8 Å². The number of nitrogens with two attached hydrogens (primary N) is 2. The topological polar surface area (TPSA) is 135 Å². The summed E-state index contributed by atoms with van der Waals surface area (Å²) >= 11 is 0. The lowest BCUT2D eigenvalue weighted by Gasteiger charge is -2.24. The van der Waals surface area contributed by atoms with Crippen LogP contribution in [0.5, 0.6) is 0 Å². The van der Waals surface area contributed by atoms with Crippen molar-refractivity contribution in [2.45, 2.75) is 31.7 Å². The van der Waals surface area contributed by atoms with E-state index < -0.39 is 23.2 Å². The second kappa shape index (κ2) is 8.36. The Balaban J connectivity index is 1.81. The normalized spacial score (nSPS) is 14.0. The average Bonchev–Trinajstić information content (AvgIpc) is 3.64. The van der Waals surface area contributed by atoms with E-state index in [0.717, 1.165) is 24.6 Å². The predicted octanol–water partition coefficient (Wildman–Crippen LogP) is 4.12. The third kappa shape index (κ3) is 3.91. The van der Waals surface area contributed by atoms with Crippen molar-refractivity contribution in [1.29, 1.82) is 5.26 Å². The molecule has 1 aliphatic carbocycles. The maximum atomic E-state index is 14.2. The SMILES string of the molecule is C[C@H](Nc1nc(N)nc(N)c1C#N)c1c(-c2cccc(F)c2)c(=O)n2cc(F)ccc2c1C1CC1. The molecule has 0 bridgehead atoms. The Morgan fingerprint density at radius 2 is 1.94 bits per heavy atom. The number of nitrogens with zero attached hydrogens (tertiary/aromatic N) is 4. The van der Waals surface area contributed by atoms with E-state index in [2.05, 4.69) is 15.3 Å². The first kappa shape index (κ1) is 22.3. The number of pyridine rings is 2. The Morgan fingerprint density at radius 1 is 1.17 bits per heavy atom. The van der Waals surface area contributed by atoms with E-state index in [1.807, 2.05) is 6.07 Å². The van der Waals surface area contributed by atoms with Gasteiger partial charge in [-0.3, -0.25) is 9.20 Å². The van der Waals surface area contributed by atoms with Gasteiger partial charge in [0.25, 0.3) is 5.56 Å². The Bertz CT molecular complexity index is 1590. The van der Waals surface area contributed by atoms with Crippen LogP contribution in [0.15, 0.2) is 47.4 Å². The number of nitrogens with one attached hydrogen (secondary N) is 1. The molecule has 0 spiro atoms. The Kier molecular flexibility index (Phi) is 5.32. The minimum atomic E-state index is -0.576. The number of hydrogen-bond acceptors (Lipinski definition) is 7. The van der Waals surface area contributed by atoms with Crippen molar-refractivity contribution in [2.24, 2.45) is 0 Å². The fourth-order valence-electron chi connectivity index (χ4n) is 4.53. The zero-order chi connectivity index (χ0) is 24.9. The number of fused-ring (bicyclic) bond motifs is 1. The number of nitriles is 1. The Hall–Kier alpha value is -4.52. The molecule has 4 aromatic rings. The van der Waals surface area contributed by atoms with Gasteiger partial charge >= 0.3 is 0 Å². The van der Waals surface area contributed by atoms with E-state index in [0.29, 0.717) is 16.6 Å². The minimum Gasteiger partial charge on any atom is -0.382 e. The molecule has 1 fully saturated rings. The van der Waals surface area contributed by atoms with Gasteiger partial charge in [-0.15, -0.1) is 0 Å². The molecule has 8 nitrogen and oxygen atoms in total. The van der Waals surface area contributed by atoms with Gasteiger partial charge in [-0.25, -0.2) is 8.78 Å². The van der Waals surface area contributed by atoms with Crippen LogP contribution < -0.4 is 22.3 Å². The summed E-state index contributed by atoms with van der Waals surface area (Å²) in [5, 5.41) is 12.7. The number of anilines is 3. The third-order valence-corrected chi connectivity index (χ3v) is 6.13. The van der Waals surface area contributed by atoms with Crippen LogP contribution in [0.1, 0.15) is 48.4 Å². The number of nitrogen functional groups attached to an aromatic ring is 2. The first-order valence-electron chi connectivity index (χ1n) is 11.0. The van der Waals surface area contributed by atoms with Gasteiger partial charge in [0, 0.05) is 6.20 Å². The molecule has 1 aromatic carbocycles. The number of hydrogen-bond donors (Lipinski definition) is 3. The van der Waals surface area contributed by atoms with E-state index in [-0.39, 0.29) is 34.6 Å². The van der Waals surface area contributed by atoms with Crippen molar-refractivity contribution in [2.75, 3.05) is 16.8 Å². The molecule has 10 heteroatoms. The highest BCUT2D eigenvalue weighted by atomic mass is 19.1. The summed E-state index contributed by atoms with van der Waals surface area (Å²) in [5.41, 5.74) is 13.8. The lowest BCUT2D eigenvalue weighted by Crippen LogP contribution is -2.24. The molecule has 176 valence electrons. The molecule has 5 N–H and O–H groups in total. The van der Waals surface area contributed by atoms with E-state index >= 15 is 0 Å². The number of aromatic nitrogens is 3. The van der Waals surface area contributed by atoms with Gasteiger partial charge in [0.2, 0.25) is 5.95 Å². The van der Waals surface area contributed by atoms with Crippen molar-refractivity contribution in [1.82, 2.24) is 14.4 Å². The molecule has 1 atom stereocenters. The Labute approximate surface area is 198 Å². The van der Waals surface area contributed by atoms with Crippen LogP contribution in [0.2, 0.25) is 0 Å². The maximum Gasteiger partial charge on any atom is 0.263 e. The van der Waals surface area contributed by atoms with Crippen molar-refractivity contribution < 1.29 is 8.78 Å². The highest BCUT2D eigenvalue weighted by Gasteiger charge is 2.34. The average molecular weight is 473 g/mol. The predicted molar refractivity (Wildman–Crippen MR) is 129 cm³/mol. The summed E-state index contributed by atoms with van der Waals surface area (Å²) in [4.78, 5) is 21.7. The van der Waals surface area contributed by atoms with Crippen LogP contribution >= 0.6 is 0 Å². The molecular formula is C25H21F2N7O. The second-order valence-corrected chi connectivity index (χ2v) is 8.56. The van der Waals surface area contributed by atoms with Crippen LogP contribution in [0.4, 0.5) is 26.4 Å². The quantitative estimate of drug-likeness (QED) is 0.397. The van der Waals surface area contributed by atoms with Crippen LogP contribution in [0, 0.1) is 23.0 Å². The molecule has 0 aliphatic heterocycles. The highest BCUT2D eigenvalue weighted by Crippen LogP contribution is 2.47. The molecule has 5 rings (SSSR count). The molecule has 0 amide bonds. The summed E-state index contributed by atoms with van der Waals surface area (Å²) < 4.78 is 29.7. The summed E-state index contributed by atoms with van der Waals surface area (Å²) in [5.74, 6) is -0.991. The number of rotatable bonds is 5. The largest absolute Gasteiger partial charge is 0.382 e.